The molecule has 3 nitrogen and oxygen atoms in total. The van der Waals surface area contributed by atoms with Crippen LogP contribution in [0.2, 0.25) is 0 Å². The predicted octanol–water partition coefficient (Wildman–Crippen LogP) is 1.90. The third kappa shape index (κ3) is 2.03. The molecular formula is C15H20N2O. The van der Waals surface area contributed by atoms with Crippen molar-refractivity contribution in [3.8, 4) is 0 Å². The van der Waals surface area contributed by atoms with Gasteiger partial charge in [-0.1, -0.05) is 18.2 Å². The summed E-state index contributed by atoms with van der Waals surface area (Å²) >= 11 is 0. The maximum Gasteiger partial charge on any atom is 0.251 e. The minimum Gasteiger partial charge on any atom is -0.347 e. The van der Waals surface area contributed by atoms with Gasteiger partial charge in [0.25, 0.3) is 5.91 Å². The second-order valence-corrected chi connectivity index (χ2v) is 5.48. The van der Waals surface area contributed by atoms with Crippen LogP contribution in [0, 0.1) is 5.92 Å². The minimum atomic E-state index is 0.0706. The maximum absolute atomic E-state index is 12.2. The molecule has 0 spiro atoms. The van der Waals surface area contributed by atoms with E-state index in [9.17, 15) is 4.79 Å². The number of piperidine rings is 3. The van der Waals surface area contributed by atoms with Gasteiger partial charge in [-0.05, 0) is 50.9 Å². The Morgan fingerprint density at radius 3 is 2.50 bits per heavy atom. The molecule has 3 aliphatic rings. The number of carbonyl (C=O) groups is 1. The van der Waals surface area contributed by atoms with E-state index in [1.54, 1.807) is 0 Å². The average molecular weight is 244 g/mol. The molecule has 2 atom stereocenters. The van der Waals surface area contributed by atoms with Gasteiger partial charge in [-0.15, -0.1) is 0 Å². The van der Waals surface area contributed by atoms with E-state index in [1.807, 2.05) is 30.3 Å². The summed E-state index contributed by atoms with van der Waals surface area (Å²) in [5.41, 5.74) is 0.765. The smallest absolute Gasteiger partial charge is 0.251 e. The molecule has 18 heavy (non-hydrogen) atoms. The van der Waals surface area contributed by atoms with Gasteiger partial charge in [-0.25, -0.2) is 0 Å². The number of rotatable bonds is 2. The van der Waals surface area contributed by atoms with Crippen molar-refractivity contribution in [2.45, 2.75) is 31.8 Å². The summed E-state index contributed by atoms with van der Waals surface area (Å²) in [5, 5.41) is 3.24. The van der Waals surface area contributed by atoms with Crippen molar-refractivity contribution in [3.05, 3.63) is 35.9 Å². The molecule has 4 rings (SSSR count). The van der Waals surface area contributed by atoms with E-state index in [0.717, 1.165) is 5.56 Å². The van der Waals surface area contributed by atoms with Crippen molar-refractivity contribution in [1.29, 1.82) is 0 Å². The topological polar surface area (TPSA) is 32.3 Å². The minimum absolute atomic E-state index is 0.0706. The Bertz CT molecular complexity index is 421. The summed E-state index contributed by atoms with van der Waals surface area (Å²) in [7, 11) is 0. The molecule has 3 heteroatoms. The Morgan fingerprint density at radius 1 is 1.22 bits per heavy atom. The second kappa shape index (κ2) is 4.73. The van der Waals surface area contributed by atoms with Crippen molar-refractivity contribution < 1.29 is 4.79 Å². The molecule has 2 unspecified atom stereocenters. The van der Waals surface area contributed by atoms with Gasteiger partial charge in [-0.2, -0.15) is 0 Å². The largest absolute Gasteiger partial charge is 0.347 e. The van der Waals surface area contributed by atoms with Gasteiger partial charge < -0.3 is 5.32 Å². The van der Waals surface area contributed by atoms with Crippen LogP contribution in [0.15, 0.2) is 30.3 Å². The Labute approximate surface area is 108 Å². The van der Waals surface area contributed by atoms with Crippen LogP contribution in [-0.2, 0) is 0 Å². The van der Waals surface area contributed by atoms with Crippen LogP contribution in [0.4, 0.5) is 0 Å². The van der Waals surface area contributed by atoms with E-state index in [2.05, 4.69) is 17.1 Å². The molecule has 1 amide bonds. The van der Waals surface area contributed by atoms with E-state index in [-0.39, 0.29) is 5.91 Å². The lowest BCUT2D eigenvalue weighted by Gasteiger charge is -2.49. The first-order chi connectivity index (χ1) is 8.75. The summed E-state index contributed by atoms with van der Waals surface area (Å²) in [4.78, 5) is 14.7. The normalized spacial score (nSPS) is 34.3. The lowest BCUT2D eigenvalue weighted by atomic mass is 9.79. The number of hydrogen-bond donors (Lipinski definition) is 1. The third-order valence-corrected chi connectivity index (χ3v) is 4.51. The Balaban J connectivity index is 1.71. The van der Waals surface area contributed by atoms with Gasteiger partial charge in [0.15, 0.2) is 0 Å². The van der Waals surface area contributed by atoms with Crippen molar-refractivity contribution in [2.75, 3.05) is 13.1 Å². The van der Waals surface area contributed by atoms with Crippen LogP contribution >= 0.6 is 0 Å². The van der Waals surface area contributed by atoms with E-state index in [0.29, 0.717) is 18.0 Å². The molecule has 2 bridgehead atoms. The Kier molecular flexibility index (Phi) is 3.08. The Hall–Kier alpha value is -1.35. The summed E-state index contributed by atoms with van der Waals surface area (Å²) in [6.07, 6.45) is 2.45. The van der Waals surface area contributed by atoms with Gasteiger partial charge >= 0.3 is 0 Å². The molecule has 3 saturated heterocycles. The van der Waals surface area contributed by atoms with Crippen molar-refractivity contribution in [3.63, 3.8) is 0 Å². The zero-order valence-corrected chi connectivity index (χ0v) is 10.8. The fraction of sp³-hybridized carbons (Fsp3) is 0.533. The summed E-state index contributed by atoms with van der Waals surface area (Å²) in [6, 6.07) is 10.3. The molecule has 1 N–H and O–H groups in total. The van der Waals surface area contributed by atoms with Crippen LogP contribution in [0.3, 0.4) is 0 Å². The summed E-state index contributed by atoms with van der Waals surface area (Å²) in [6.45, 7) is 4.63. The highest BCUT2D eigenvalue weighted by atomic mass is 16.1. The maximum atomic E-state index is 12.2. The van der Waals surface area contributed by atoms with E-state index in [4.69, 9.17) is 0 Å². The second-order valence-electron chi connectivity index (χ2n) is 5.48. The number of amides is 1. The standard InChI is InChI=1S/C15H20N2O/c1-11-14(12-7-9-17(11)10-8-12)16-15(18)13-5-3-2-4-6-13/h2-6,11-12,14H,7-10H2,1H3,(H,16,18). The van der Waals surface area contributed by atoms with Crippen LogP contribution < -0.4 is 5.32 Å². The number of carbonyl (C=O) groups excluding carboxylic acids is 1. The SMILES string of the molecule is CC1C(NC(=O)c2ccccc2)C2CCN1CC2. The van der Waals surface area contributed by atoms with Crippen LogP contribution in [-0.4, -0.2) is 36.0 Å². The van der Waals surface area contributed by atoms with Gasteiger partial charge in [0, 0.05) is 17.6 Å². The number of hydrogen-bond acceptors (Lipinski definition) is 2. The zero-order valence-electron chi connectivity index (χ0n) is 10.8. The molecule has 1 aromatic carbocycles. The molecule has 0 radical (unpaired) electrons. The molecule has 1 aromatic rings. The van der Waals surface area contributed by atoms with Crippen molar-refractivity contribution >= 4 is 5.91 Å². The first kappa shape index (κ1) is 11.7. The highest BCUT2D eigenvalue weighted by molar-refractivity contribution is 5.94. The first-order valence-electron chi connectivity index (χ1n) is 6.85. The molecule has 0 aliphatic carbocycles. The zero-order chi connectivity index (χ0) is 12.5. The monoisotopic (exact) mass is 244 g/mol. The van der Waals surface area contributed by atoms with Gasteiger partial charge in [0.2, 0.25) is 0 Å². The highest BCUT2D eigenvalue weighted by Crippen LogP contribution is 2.32. The number of benzene rings is 1. The summed E-state index contributed by atoms with van der Waals surface area (Å²) in [5.74, 6) is 0.735. The van der Waals surface area contributed by atoms with Crippen molar-refractivity contribution in [1.82, 2.24) is 10.2 Å². The van der Waals surface area contributed by atoms with E-state index >= 15 is 0 Å². The number of nitrogens with one attached hydrogen (secondary N) is 1. The molecular weight excluding hydrogens is 224 g/mol. The van der Waals surface area contributed by atoms with E-state index in [1.165, 1.54) is 25.9 Å². The number of nitrogens with zero attached hydrogens (tertiary/aromatic N) is 1. The molecule has 3 fully saturated rings. The van der Waals surface area contributed by atoms with Crippen LogP contribution in [0.5, 0.6) is 0 Å². The quantitative estimate of drug-likeness (QED) is 0.861. The van der Waals surface area contributed by atoms with Crippen molar-refractivity contribution in [2.24, 2.45) is 5.92 Å². The lowest BCUT2D eigenvalue weighted by molar-refractivity contribution is 0.0217. The van der Waals surface area contributed by atoms with Gasteiger partial charge in [0.05, 0.1) is 0 Å². The summed E-state index contributed by atoms with van der Waals surface area (Å²) < 4.78 is 0. The molecule has 0 aromatic heterocycles. The fourth-order valence-corrected chi connectivity index (χ4v) is 3.37. The molecule has 96 valence electrons. The Morgan fingerprint density at radius 2 is 1.89 bits per heavy atom. The van der Waals surface area contributed by atoms with Gasteiger partial charge in [0.1, 0.15) is 0 Å². The number of fused-ring (bicyclic) bond motifs is 3. The molecule has 0 saturated carbocycles. The van der Waals surface area contributed by atoms with Crippen LogP contribution in [0.25, 0.3) is 0 Å². The molecule has 3 aliphatic heterocycles. The fourth-order valence-electron chi connectivity index (χ4n) is 3.37. The van der Waals surface area contributed by atoms with E-state index < -0.39 is 0 Å². The van der Waals surface area contributed by atoms with Crippen LogP contribution in [0.1, 0.15) is 30.1 Å². The third-order valence-electron chi connectivity index (χ3n) is 4.51. The predicted molar refractivity (Wildman–Crippen MR) is 71.5 cm³/mol. The average Bonchev–Trinajstić information content (AvgIpc) is 2.44. The lowest BCUT2D eigenvalue weighted by Crippen LogP contribution is -2.62. The van der Waals surface area contributed by atoms with Gasteiger partial charge in [-0.3, -0.25) is 9.69 Å². The highest BCUT2D eigenvalue weighted by Gasteiger charge is 2.40. The molecule has 3 heterocycles. The first-order valence-corrected chi connectivity index (χ1v) is 6.85.